The molecule has 1 aromatic carbocycles. The molecule has 0 fully saturated rings. The summed E-state index contributed by atoms with van der Waals surface area (Å²) in [6, 6.07) is 9.93. The summed E-state index contributed by atoms with van der Waals surface area (Å²) in [5.74, 6) is 4.87. The first-order chi connectivity index (χ1) is 9.79. The minimum absolute atomic E-state index is 0.446. The maximum atomic E-state index is 11.4. The molecule has 0 N–H and O–H groups in total. The van der Waals surface area contributed by atoms with Gasteiger partial charge in [0.15, 0.2) is 0 Å². The quantitative estimate of drug-likeness (QED) is 0.480. The number of ether oxygens (including phenoxy) is 1. The average Bonchev–Trinajstić information content (AvgIpc) is 3.00. The standard InChI is InChI=1S/C17H16O2S/c1-2-3-11-19-17(18)9-6-14-4-7-15(8-5-14)16-10-12-20-13-16/h4-5,7-8,10,12-13H,2-3,11H2,1H3. The molecular weight excluding hydrogens is 268 g/mol. The maximum Gasteiger partial charge on any atom is 0.384 e. The molecule has 0 radical (unpaired) electrons. The molecule has 1 heterocycles. The Morgan fingerprint density at radius 2 is 2.00 bits per heavy atom. The summed E-state index contributed by atoms with van der Waals surface area (Å²) < 4.78 is 4.98. The number of esters is 1. The van der Waals surface area contributed by atoms with E-state index in [1.807, 2.05) is 24.3 Å². The molecule has 0 saturated heterocycles. The SMILES string of the molecule is CCCCOC(=O)C#Cc1ccc(-c2ccsc2)cc1. The van der Waals surface area contributed by atoms with E-state index in [2.05, 4.69) is 35.6 Å². The van der Waals surface area contributed by atoms with Gasteiger partial charge in [0, 0.05) is 11.5 Å². The summed E-state index contributed by atoms with van der Waals surface area (Å²) in [5.41, 5.74) is 3.17. The Balaban J connectivity index is 1.96. The summed E-state index contributed by atoms with van der Waals surface area (Å²) in [6.45, 7) is 2.50. The van der Waals surface area contributed by atoms with E-state index in [9.17, 15) is 4.79 Å². The number of rotatable bonds is 4. The van der Waals surface area contributed by atoms with Gasteiger partial charge < -0.3 is 4.74 Å². The lowest BCUT2D eigenvalue weighted by Gasteiger charge is -1.98. The van der Waals surface area contributed by atoms with Crippen molar-refractivity contribution < 1.29 is 9.53 Å². The minimum Gasteiger partial charge on any atom is -0.456 e. The third-order valence-electron chi connectivity index (χ3n) is 2.78. The maximum absolute atomic E-state index is 11.4. The van der Waals surface area contributed by atoms with Crippen LogP contribution in [0.15, 0.2) is 41.1 Å². The van der Waals surface area contributed by atoms with Crippen molar-refractivity contribution in [2.24, 2.45) is 0 Å². The zero-order chi connectivity index (χ0) is 14.2. The third kappa shape index (κ3) is 4.25. The Hall–Kier alpha value is -2.05. The van der Waals surface area contributed by atoms with E-state index in [4.69, 9.17) is 4.74 Å². The molecule has 2 aromatic rings. The van der Waals surface area contributed by atoms with Crippen molar-refractivity contribution in [1.29, 1.82) is 0 Å². The molecule has 0 spiro atoms. The highest BCUT2D eigenvalue weighted by atomic mass is 32.1. The van der Waals surface area contributed by atoms with Gasteiger partial charge >= 0.3 is 5.97 Å². The summed E-state index contributed by atoms with van der Waals surface area (Å²) in [6.07, 6.45) is 1.88. The fraction of sp³-hybridized carbons (Fsp3) is 0.235. The zero-order valence-corrected chi connectivity index (χ0v) is 12.2. The number of hydrogen-bond donors (Lipinski definition) is 0. The van der Waals surface area contributed by atoms with Crippen LogP contribution in [0.2, 0.25) is 0 Å². The van der Waals surface area contributed by atoms with E-state index in [1.165, 1.54) is 5.56 Å². The molecule has 0 amide bonds. The number of benzene rings is 1. The van der Waals surface area contributed by atoms with Gasteiger partial charge in [-0.05, 0) is 46.5 Å². The van der Waals surface area contributed by atoms with Crippen molar-refractivity contribution in [2.75, 3.05) is 6.61 Å². The van der Waals surface area contributed by atoms with Crippen LogP contribution < -0.4 is 0 Å². The lowest BCUT2D eigenvalue weighted by atomic mass is 10.1. The number of thiophene rings is 1. The summed E-state index contributed by atoms with van der Waals surface area (Å²) >= 11 is 1.67. The normalized spacial score (nSPS) is 9.65. The molecular formula is C17H16O2S. The minimum atomic E-state index is -0.458. The number of unbranched alkanes of at least 4 members (excludes halogenated alkanes) is 1. The summed E-state index contributed by atoms with van der Waals surface area (Å²) in [5, 5.41) is 4.15. The van der Waals surface area contributed by atoms with Crippen LogP contribution in [0.25, 0.3) is 11.1 Å². The molecule has 3 heteroatoms. The van der Waals surface area contributed by atoms with E-state index in [1.54, 1.807) is 11.3 Å². The van der Waals surface area contributed by atoms with Crippen LogP contribution >= 0.6 is 11.3 Å². The third-order valence-corrected chi connectivity index (χ3v) is 3.46. The van der Waals surface area contributed by atoms with E-state index >= 15 is 0 Å². The smallest absolute Gasteiger partial charge is 0.384 e. The van der Waals surface area contributed by atoms with E-state index in [0.717, 1.165) is 24.0 Å². The highest BCUT2D eigenvalue weighted by molar-refractivity contribution is 7.08. The van der Waals surface area contributed by atoms with Gasteiger partial charge in [-0.15, -0.1) is 0 Å². The highest BCUT2D eigenvalue weighted by Gasteiger charge is 1.98. The van der Waals surface area contributed by atoms with E-state index < -0.39 is 5.97 Å². The Morgan fingerprint density at radius 3 is 2.65 bits per heavy atom. The van der Waals surface area contributed by atoms with Gasteiger partial charge in [0.1, 0.15) is 0 Å². The lowest BCUT2D eigenvalue weighted by molar-refractivity contribution is -0.136. The number of hydrogen-bond acceptors (Lipinski definition) is 3. The van der Waals surface area contributed by atoms with Gasteiger partial charge in [-0.3, -0.25) is 0 Å². The van der Waals surface area contributed by atoms with Crippen molar-refractivity contribution in [3.8, 4) is 23.0 Å². The van der Waals surface area contributed by atoms with Crippen LogP contribution in [-0.4, -0.2) is 12.6 Å². The fourth-order valence-corrected chi connectivity index (χ4v) is 2.31. The summed E-state index contributed by atoms with van der Waals surface area (Å²) in [4.78, 5) is 11.4. The second-order valence-electron chi connectivity index (χ2n) is 4.33. The highest BCUT2D eigenvalue weighted by Crippen LogP contribution is 2.21. The first-order valence-electron chi connectivity index (χ1n) is 6.61. The predicted octanol–water partition coefficient (Wildman–Crippen LogP) is 4.11. The molecule has 0 aliphatic rings. The van der Waals surface area contributed by atoms with Crippen LogP contribution in [0, 0.1) is 11.8 Å². The predicted molar refractivity (Wildman–Crippen MR) is 82.5 cm³/mol. The molecule has 0 aliphatic carbocycles. The summed E-state index contributed by atoms with van der Waals surface area (Å²) in [7, 11) is 0. The van der Waals surface area contributed by atoms with Gasteiger partial charge in [0.2, 0.25) is 0 Å². The van der Waals surface area contributed by atoms with Gasteiger partial charge in [-0.25, -0.2) is 4.79 Å². The van der Waals surface area contributed by atoms with Crippen LogP contribution in [0.5, 0.6) is 0 Å². The lowest BCUT2D eigenvalue weighted by Crippen LogP contribution is -2.02. The van der Waals surface area contributed by atoms with Crippen molar-refractivity contribution in [3.63, 3.8) is 0 Å². The van der Waals surface area contributed by atoms with Crippen LogP contribution in [0.1, 0.15) is 25.3 Å². The molecule has 0 saturated carbocycles. The average molecular weight is 284 g/mol. The monoisotopic (exact) mass is 284 g/mol. The molecule has 102 valence electrons. The zero-order valence-electron chi connectivity index (χ0n) is 11.4. The number of carbonyl (C=O) groups is 1. The first-order valence-corrected chi connectivity index (χ1v) is 7.55. The first kappa shape index (κ1) is 14.4. The van der Waals surface area contributed by atoms with Crippen LogP contribution in [0.3, 0.4) is 0 Å². The Bertz CT molecular complexity index is 601. The van der Waals surface area contributed by atoms with Crippen molar-refractivity contribution in [3.05, 3.63) is 46.7 Å². The van der Waals surface area contributed by atoms with E-state index in [0.29, 0.717) is 6.61 Å². The fourth-order valence-electron chi connectivity index (χ4n) is 1.64. The number of carbonyl (C=O) groups excluding carboxylic acids is 1. The molecule has 0 atom stereocenters. The molecule has 0 aliphatic heterocycles. The Morgan fingerprint density at radius 1 is 1.20 bits per heavy atom. The molecule has 1 aromatic heterocycles. The van der Waals surface area contributed by atoms with Crippen LogP contribution in [-0.2, 0) is 9.53 Å². The molecule has 2 rings (SSSR count). The Labute approximate surface area is 123 Å². The van der Waals surface area contributed by atoms with Gasteiger partial charge in [0.05, 0.1) is 6.61 Å². The van der Waals surface area contributed by atoms with Crippen molar-refractivity contribution in [2.45, 2.75) is 19.8 Å². The topological polar surface area (TPSA) is 26.3 Å². The molecule has 0 bridgehead atoms. The van der Waals surface area contributed by atoms with Crippen molar-refractivity contribution >= 4 is 17.3 Å². The van der Waals surface area contributed by atoms with Gasteiger partial charge in [0.25, 0.3) is 0 Å². The molecule has 20 heavy (non-hydrogen) atoms. The van der Waals surface area contributed by atoms with Gasteiger partial charge in [-0.2, -0.15) is 11.3 Å². The second-order valence-corrected chi connectivity index (χ2v) is 5.11. The largest absolute Gasteiger partial charge is 0.456 e. The molecule has 2 nitrogen and oxygen atoms in total. The van der Waals surface area contributed by atoms with Gasteiger partial charge in [-0.1, -0.05) is 31.4 Å². The van der Waals surface area contributed by atoms with Crippen LogP contribution in [0.4, 0.5) is 0 Å². The van der Waals surface area contributed by atoms with E-state index in [-0.39, 0.29) is 0 Å². The molecule has 0 unspecified atom stereocenters. The second kappa shape index (κ2) is 7.52. The van der Waals surface area contributed by atoms with Crippen molar-refractivity contribution in [1.82, 2.24) is 0 Å². The Kier molecular flexibility index (Phi) is 5.40.